The lowest BCUT2D eigenvalue weighted by Crippen LogP contribution is -2.45. The molecule has 0 amide bonds. The summed E-state index contributed by atoms with van der Waals surface area (Å²) in [6.45, 7) is 0. The van der Waals surface area contributed by atoms with Crippen LogP contribution >= 0.6 is 15.9 Å². The zero-order valence-corrected chi connectivity index (χ0v) is 13.2. The van der Waals surface area contributed by atoms with Crippen LogP contribution in [0.15, 0.2) is 33.6 Å². The van der Waals surface area contributed by atoms with Crippen molar-refractivity contribution in [3.63, 3.8) is 0 Å². The van der Waals surface area contributed by atoms with Gasteiger partial charge in [-0.05, 0) is 40.9 Å². The van der Waals surface area contributed by atoms with Crippen LogP contribution in [-0.4, -0.2) is 25.5 Å². The fourth-order valence-electron chi connectivity index (χ4n) is 2.49. The molecule has 0 aliphatic heterocycles. The number of carbonyl (C=O) groups is 1. The zero-order chi connectivity index (χ0) is 14.8. The van der Waals surface area contributed by atoms with Crippen molar-refractivity contribution in [2.75, 3.05) is 0 Å². The lowest BCUT2D eigenvalue weighted by Gasteiger charge is -2.29. The van der Waals surface area contributed by atoms with E-state index in [1.54, 1.807) is 18.2 Å². The lowest BCUT2D eigenvalue weighted by molar-refractivity contribution is -0.143. The highest BCUT2D eigenvalue weighted by Gasteiger charge is 2.34. The minimum Gasteiger partial charge on any atom is -0.481 e. The number of halogens is 1. The highest BCUT2D eigenvalue weighted by atomic mass is 79.9. The Balaban J connectivity index is 2.23. The maximum Gasteiger partial charge on any atom is 0.308 e. The molecule has 7 heteroatoms. The number of benzene rings is 1. The molecule has 2 atom stereocenters. The van der Waals surface area contributed by atoms with Crippen molar-refractivity contribution in [2.45, 2.75) is 36.6 Å². The predicted molar refractivity (Wildman–Crippen MR) is 77.8 cm³/mol. The monoisotopic (exact) mass is 361 g/mol. The molecule has 0 radical (unpaired) electrons. The van der Waals surface area contributed by atoms with Crippen LogP contribution in [0.3, 0.4) is 0 Å². The van der Waals surface area contributed by atoms with Crippen molar-refractivity contribution < 1.29 is 18.3 Å². The second kappa shape index (κ2) is 6.24. The summed E-state index contributed by atoms with van der Waals surface area (Å²) < 4.78 is 27.7. The third-order valence-electron chi connectivity index (χ3n) is 3.52. The first-order chi connectivity index (χ1) is 9.42. The fraction of sp³-hybridized carbons (Fsp3) is 0.462. The van der Waals surface area contributed by atoms with Gasteiger partial charge >= 0.3 is 5.97 Å². The van der Waals surface area contributed by atoms with Gasteiger partial charge in [-0.3, -0.25) is 4.79 Å². The number of sulfonamides is 1. The number of hydrogen-bond acceptors (Lipinski definition) is 3. The molecule has 0 heterocycles. The van der Waals surface area contributed by atoms with Crippen LogP contribution in [0.1, 0.15) is 25.7 Å². The average Bonchev–Trinajstić information content (AvgIpc) is 2.39. The summed E-state index contributed by atoms with van der Waals surface area (Å²) in [5, 5.41) is 9.19. The van der Waals surface area contributed by atoms with Gasteiger partial charge in [-0.25, -0.2) is 13.1 Å². The molecule has 2 unspecified atom stereocenters. The van der Waals surface area contributed by atoms with Crippen LogP contribution in [0, 0.1) is 5.92 Å². The number of aliphatic carboxylic acids is 1. The minimum absolute atomic E-state index is 0.134. The molecule has 0 aromatic heterocycles. The van der Waals surface area contributed by atoms with Crippen molar-refractivity contribution in [1.82, 2.24) is 4.72 Å². The Morgan fingerprint density at radius 1 is 1.25 bits per heavy atom. The molecule has 110 valence electrons. The summed E-state index contributed by atoms with van der Waals surface area (Å²) in [6, 6.07) is 5.95. The van der Waals surface area contributed by atoms with Gasteiger partial charge in [0.2, 0.25) is 10.0 Å². The third-order valence-corrected chi connectivity index (χ3v) is 6.02. The van der Waals surface area contributed by atoms with Crippen LogP contribution in [0.5, 0.6) is 0 Å². The van der Waals surface area contributed by atoms with E-state index in [1.165, 1.54) is 6.07 Å². The van der Waals surface area contributed by atoms with Crippen LogP contribution < -0.4 is 4.72 Å². The van der Waals surface area contributed by atoms with Crippen LogP contribution in [-0.2, 0) is 14.8 Å². The average molecular weight is 362 g/mol. The zero-order valence-electron chi connectivity index (χ0n) is 10.8. The summed E-state index contributed by atoms with van der Waals surface area (Å²) in [7, 11) is -3.72. The van der Waals surface area contributed by atoms with Crippen molar-refractivity contribution in [3.05, 3.63) is 28.7 Å². The Labute approximate surface area is 126 Å². The molecule has 5 nitrogen and oxygen atoms in total. The van der Waals surface area contributed by atoms with Crippen LogP contribution in [0.25, 0.3) is 0 Å². The Morgan fingerprint density at radius 3 is 2.55 bits per heavy atom. The first kappa shape index (κ1) is 15.5. The summed E-state index contributed by atoms with van der Waals surface area (Å²) in [6.07, 6.45) is 2.73. The van der Waals surface area contributed by atoms with Crippen molar-refractivity contribution >= 4 is 31.9 Å². The third kappa shape index (κ3) is 3.39. The number of carboxylic acid groups (broad SMARTS) is 1. The number of nitrogens with one attached hydrogen (secondary N) is 1. The first-order valence-corrected chi connectivity index (χ1v) is 8.69. The molecule has 2 N–H and O–H groups in total. The van der Waals surface area contributed by atoms with Crippen molar-refractivity contribution in [3.8, 4) is 0 Å². The van der Waals surface area contributed by atoms with E-state index < -0.39 is 28.0 Å². The van der Waals surface area contributed by atoms with E-state index in [0.29, 0.717) is 17.3 Å². The Morgan fingerprint density at radius 2 is 1.90 bits per heavy atom. The van der Waals surface area contributed by atoms with Gasteiger partial charge in [0.1, 0.15) is 0 Å². The van der Waals surface area contributed by atoms with Crippen LogP contribution in [0.4, 0.5) is 0 Å². The van der Waals surface area contributed by atoms with E-state index in [1.807, 2.05) is 0 Å². The normalized spacial score (nSPS) is 23.4. The largest absolute Gasteiger partial charge is 0.481 e. The maximum atomic E-state index is 12.4. The Kier molecular flexibility index (Phi) is 4.82. The highest BCUT2D eigenvalue weighted by Crippen LogP contribution is 2.27. The Hall–Kier alpha value is -0.920. The van der Waals surface area contributed by atoms with E-state index in [2.05, 4.69) is 20.7 Å². The summed E-state index contributed by atoms with van der Waals surface area (Å²) in [5.74, 6) is -1.59. The van der Waals surface area contributed by atoms with Crippen molar-refractivity contribution in [2.24, 2.45) is 5.92 Å². The summed E-state index contributed by atoms with van der Waals surface area (Å²) >= 11 is 3.21. The van der Waals surface area contributed by atoms with Gasteiger partial charge in [0.05, 0.1) is 10.8 Å². The van der Waals surface area contributed by atoms with Gasteiger partial charge in [0.15, 0.2) is 0 Å². The SMILES string of the molecule is O=C(O)C1CCCCC1NS(=O)(=O)c1ccccc1Br. The van der Waals surface area contributed by atoms with Crippen molar-refractivity contribution in [1.29, 1.82) is 0 Å². The summed E-state index contributed by atoms with van der Waals surface area (Å²) in [4.78, 5) is 11.3. The molecule has 1 aromatic carbocycles. The minimum atomic E-state index is -3.72. The molecule has 2 rings (SSSR count). The molecule has 1 saturated carbocycles. The molecule has 1 aromatic rings. The smallest absolute Gasteiger partial charge is 0.308 e. The van der Waals surface area contributed by atoms with Gasteiger partial charge in [-0.15, -0.1) is 0 Å². The van der Waals surface area contributed by atoms with E-state index in [0.717, 1.165) is 12.8 Å². The van der Waals surface area contributed by atoms with Gasteiger partial charge < -0.3 is 5.11 Å². The molecule has 1 aliphatic carbocycles. The number of carboxylic acids is 1. The van der Waals surface area contributed by atoms with E-state index in [4.69, 9.17) is 0 Å². The van der Waals surface area contributed by atoms with E-state index >= 15 is 0 Å². The van der Waals surface area contributed by atoms with E-state index in [-0.39, 0.29) is 4.90 Å². The van der Waals surface area contributed by atoms with Gasteiger partial charge in [0.25, 0.3) is 0 Å². The standard InChI is InChI=1S/C13H16BrNO4S/c14-10-6-2-4-8-12(10)20(18,19)15-11-7-3-1-5-9(11)13(16)17/h2,4,6,8-9,11,15H,1,3,5,7H2,(H,16,17). The molecular weight excluding hydrogens is 346 g/mol. The predicted octanol–water partition coefficient (Wildman–Crippen LogP) is 2.37. The summed E-state index contributed by atoms with van der Waals surface area (Å²) in [5.41, 5.74) is 0. The van der Waals surface area contributed by atoms with Gasteiger partial charge in [-0.2, -0.15) is 0 Å². The fourth-order valence-corrected chi connectivity index (χ4v) is 4.81. The quantitative estimate of drug-likeness (QED) is 0.862. The molecular formula is C13H16BrNO4S. The molecule has 0 saturated heterocycles. The second-order valence-corrected chi connectivity index (χ2v) is 7.42. The lowest BCUT2D eigenvalue weighted by atomic mass is 9.85. The molecule has 0 bridgehead atoms. The molecule has 1 fully saturated rings. The highest BCUT2D eigenvalue weighted by molar-refractivity contribution is 9.10. The second-order valence-electron chi connectivity index (χ2n) is 4.89. The van der Waals surface area contributed by atoms with Gasteiger partial charge in [-0.1, -0.05) is 25.0 Å². The van der Waals surface area contributed by atoms with Gasteiger partial charge in [0, 0.05) is 10.5 Å². The molecule has 20 heavy (non-hydrogen) atoms. The topological polar surface area (TPSA) is 83.5 Å². The number of rotatable bonds is 4. The molecule has 0 spiro atoms. The maximum absolute atomic E-state index is 12.4. The van der Waals surface area contributed by atoms with Crippen LogP contribution in [0.2, 0.25) is 0 Å². The number of hydrogen-bond donors (Lipinski definition) is 2. The Bertz CT molecular complexity index is 602. The first-order valence-electron chi connectivity index (χ1n) is 6.41. The van der Waals surface area contributed by atoms with E-state index in [9.17, 15) is 18.3 Å². The molecule has 1 aliphatic rings.